The summed E-state index contributed by atoms with van der Waals surface area (Å²) < 4.78 is 43.0. The minimum Gasteiger partial charge on any atom is -0.491 e. The number of hydrogen-bond acceptors (Lipinski definition) is 4. The van der Waals surface area contributed by atoms with Crippen LogP contribution < -0.4 is 10.1 Å². The lowest BCUT2D eigenvalue weighted by atomic mass is 10.2. The van der Waals surface area contributed by atoms with Crippen LogP contribution in [-0.2, 0) is 11.0 Å². The molecule has 1 fully saturated rings. The third-order valence-corrected chi connectivity index (χ3v) is 3.48. The fourth-order valence-corrected chi connectivity index (χ4v) is 2.30. The Morgan fingerprint density at radius 3 is 2.87 bits per heavy atom. The number of carbonyl (C=O) groups is 1. The lowest BCUT2D eigenvalue weighted by Gasteiger charge is -2.22. The molecule has 2 N–H and O–H groups in total. The first-order valence-electron chi connectivity index (χ1n) is 7.32. The Hall–Kier alpha value is -1.80. The van der Waals surface area contributed by atoms with E-state index in [9.17, 15) is 23.1 Å². The third-order valence-electron chi connectivity index (χ3n) is 3.48. The maximum Gasteiger partial charge on any atom is 0.416 e. The van der Waals surface area contributed by atoms with Gasteiger partial charge in [-0.05, 0) is 18.2 Å². The number of aliphatic hydroxyl groups is 1. The Balaban J connectivity index is 1.82. The van der Waals surface area contributed by atoms with E-state index in [1.54, 1.807) is 0 Å². The number of β-amino-alcohol motifs (C(OH)–C–C–N with tert-alkyl or cyclic N) is 1. The van der Waals surface area contributed by atoms with Crippen LogP contribution in [0.4, 0.5) is 13.2 Å². The van der Waals surface area contributed by atoms with Gasteiger partial charge in [0, 0.05) is 32.6 Å². The number of halogens is 3. The number of nitrogens with one attached hydrogen (secondary N) is 1. The normalized spacial score (nSPS) is 18.2. The predicted octanol–water partition coefficient (Wildman–Crippen LogP) is 1.27. The fourth-order valence-electron chi connectivity index (χ4n) is 2.30. The molecule has 0 saturated carbocycles. The van der Waals surface area contributed by atoms with Crippen molar-refractivity contribution in [2.45, 2.75) is 18.7 Å². The van der Waals surface area contributed by atoms with Crippen LogP contribution in [0, 0.1) is 0 Å². The predicted molar refractivity (Wildman–Crippen MR) is 77.0 cm³/mol. The standard InChI is InChI=1S/C15H19F3N2O3/c16-15(17,18)11-2-1-3-13(8-11)23-10-12(21)9-20-6-4-14(22)19-5-7-20/h1-3,8,12,21H,4-7,9-10H2,(H,19,22). The first-order chi connectivity index (χ1) is 10.8. The van der Waals surface area contributed by atoms with Crippen LogP contribution in [-0.4, -0.2) is 54.8 Å². The molecule has 1 aliphatic heterocycles. The Bertz CT molecular complexity index is 537. The highest BCUT2D eigenvalue weighted by atomic mass is 19.4. The van der Waals surface area contributed by atoms with E-state index in [4.69, 9.17) is 4.74 Å². The number of ether oxygens (including phenoxy) is 1. The van der Waals surface area contributed by atoms with E-state index in [1.165, 1.54) is 12.1 Å². The van der Waals surface area contributed by atoms with Crippen LogP contribution >= 0.6 is 0 Å². The summed E-state index contributed by atoms with van der Waals surface area (Å²) in [4.78, 5) is 13.1. The van der Waals surface area contributed by atoms with Gasteiger partial charge in [0.15, 0.2) is 0 Å². The Labute approximate surface area is 132 Å². The highest BCUT2D eigenvalue weighted by Gasteiger charge is 2.30. The van der Waals surface area contributed by atoms with Crippen molar-refractivity contribution in [2.24, 2.45) is 0 Å². The molecule has 0 spiro atoms. The minimum atomic E-state index is -4.43. The zero-order chi connectivity index (χ0) is 16.9. The highest BCUT2D eigenvalue weighted by molar-refractivity contribution is 5.76. The second kappa shape index (κ2) is 7.65. The van der Waals surface area contributed by atoms with Crippen LogP contribution in [0.2, 0.25) is 0 Å². The molecule has 1 aliphatic rings. The lowest BCUT2D eigenvalue weighted by molar-refractivity contribution is -0.137. The number of nitrogens with zero attached hydrogens (tertiary/aromatic N) is 1. The second-order valence-electron chi connectivity index (χ2n) is 5.39. The van der Waals surface area contributed by atoms with Crippen LogP contribution in [0.5, 0.6) is 5.75 Å². The molecule has 128 valence electrons. The van der Waals surface area contributed by atoms with Gasteiger partial charge in [-0.2, -0.15) is 13.2 Å². The van der Waals surface area contributed by atoms with Gasteiger partial charge in [-0.3, -0.25) is 9.69 Å². The molecule has 1 saturated heterocycles. The Morgan fingerprint density at radius 2 is 2.13 bits per heavy atom. The number of benzene rings is 1. The SMILES string of the molecule is O=C1CCN(CC(O)COc2cccc(C(F)(F)F)c2)CCN1. The van der Waals surface area contributed by atoms with Crippen molar-refractivity contribution in [1.82, 2.24) is 10.2 Å². The number of alkyl halides is 3. The summed E-state index contributed by atoms with van der Waals surface area (Å²) >= 11 is 0. The number of rotatable bonds is 5. The first kappa shape index (κ1) is 17.6. The molecular formula is C15H19F3N2O3. The van der Waals surface area contributed by atoms with E-state index in [0.29, 0.717) is 32.6 Å². The maximum absolute atomic E-state index is 12.6. The molecule has 1 heterocycles. The topological polar surface area (TPSA) is 61.8 Å². The quantitative estimate of drug-likeness (QED) is 0.852. The summed E-state index contributed by atoms with van der Waals surface area (Å²) in [5, 5.41) is 12.7. The maximum atomic E-state index is 12.6. The van der Waals surface area contributed by atoms with Crippen molar-refractivity contribution < 1.29 is 27.8 Å². The molecular weight excluding hydrogens is 313 g/mol. The van der Waals surface area contributed by atoms with Crippen LogP contribution in [0.25, 0.3) is 0 Å². The van der Waals surface area contributed by atoms with E-state index < -0.39 is 17.8 Å². The Kier molecular flexibility index (Phi) is 5.84. The molecule has 8 heteroatoms. The van der Waals surface area contributed by atoms with Crippen LogP contribution in [0.3, 0.4) is 0 Å². The summed E-state index contributed by atoms with van der Waals surface area (Å²) in [6.07, 6.45) is -4.91. The van der Waals surface area contributed by atoms with Crippen molar-refractivity contribution in [3.05, 3.63) is 29.8 Å². The Morgan fingerprint density at radius 1 is 1.35 bits per heavy atom. The smallest absolute Gasteiger partial charge is 0.416 e. The number of hydrogen-bond donors (Lipinski definition) is 2. The zero-order valence-electron chi connectivity index (χ0n) is 12.5. The van der Waals surface area contributed by atoms with Crippen molar-refractivity contribution in [3.8, 4) is 5.75 Å². The van der Waals surface area contributed by atoms with Gasteiger partial charge >= 0.3 is 6.18 Å². The van der Waals surface area contributed by atoms with Gasteiger partial charge in [-0.25, -0.2) is 0 Å². The fraction of sp³-hybridized carbons (Fsp3) is 0.533. The average Bonchev–Trinajstić information content (AvgIpc) is 2.69. The van der Waals surface area contributed by atoms with Crippen molar-refractivity contribution in [1.29, 1.82) is 0 Å². The first-order valence-corrected chi connectivity index (χ1v) is 7.32. The average molecular weight is 332 g/mol. The summed E-state index contributed by atoms with van der Waals surface area (Å²) in [6, 6.07) is 4.54. The van der Waals surface area contributed by atoms with Gasteiger partial charge in [0.1, 0.15) is 18.5 Å². The highest BCUT2D eigenvalue weighted by Crippen LogP contribution is 2.31. The van der Waals surface area contributed by atoms with Gasteiger partial charge in [-0.1, -0.05) is 6.07 Å². The van der Waals surface area contributed by atoms with E-state index in [2.05, 4.69) is 5.32 Å². The van der Waals surface area contributed by atoms with Gasteiger partial charge < -0.3 is 15.2 Å². The number of amides is 1. The summed E-state index contributed by atoms with van der Waals surface area (Å²) in [5.41, 5.74) is -0.790. The van der Waals surface area contributed by atoms with Crippen LogP contribution in [0.15, 0.2) is 24.3 Å². The number of carbonyl (C=O) groups excluding carboxylic acids is 1. The van der Waals surface area contributed by atoms with E-state index in [0.717, 1.165) is 12.1 Å². The molecule has 1 aromatic carbocycles. The zero-order valence-corrected chi connectivity index (χ0v) is 12.5. The molecule has 2 rings (SSSR count). The van der Waals surface area contributed by atoms with Crippen LogP contribution in [0.1, 0.15) is 12.0 Å². The van der Waals surface area contributed by atoms with Gasteiger partial charge in [0.2, 0.25) is 5.91 Å². The monoisotopic (exact) mass is 332 g/mol. The third kappa shape index (κ3) is 5.72. The molecule has 1 atom stereocenters. The molecule has 0 bridgehead atoms. The molecule has 1 unspecified atom stereocenters. The van der Waals surface area contributed by atoms with E-state index >= 15 is 0 Å². The summed E-state index contributed by atoms with van der Waals surface area (Å²) in [6.45, 7) is 1.85. The van der Waals surface area contributed by atoms with Gasteiger partial charge in [-0.15, -0.1) is 0 Å². The van der Waals surface area contributed by atoms with Gasteiger partial charge in [0.25, 0.3) is 0 Å². The number of aliphatic hydroxyl groups excluding tert-OH is 1. The summed E-state index contributed by atoms with van der Waals surface area (Å²) in [7, 11) is 0. The van der Waals surface area contributed by atoms with E-state index in [1.807, 2.05) is 4.90 Å². The molecule has 1 aromatic rings. The van der Waals surface area contributed by atoms with E-state index in [-0.39, 0.29) is 18.3 Å². The molecule has 0 radical (unpaired) electrons. The lowest BCUT2D eigenvalue weighted by Crippen LogP contribution is -2.37. The minimum absolute atomic E-state index is 0.0257. The largest absolute Gasteiger partial charge is 0.491 e. The molecule has 1 amide bonds. The molecule has 5 nitrogen and oxygen atoms in total. The van der Waals surface area contributed by atoms with Crippen molar-refractivity contribution in [2.75, 3.05) is 32.8 Å². The summed E-state index contributed by atoms with van der Waals surface area (Å²) in [5.74, 6) is 0.0359. The van der Waals surface area contributed by atoms with Crippen molar-refractivity contribution in [3.63, 3.8) is 0 Å². The molecule has 0 aromatic heterocycles. The van der Waals surface area contributed by atoms with Crippen molar-refractivity contribution >= 4 is 5.91 Å². The second-order valence-corrected chi connectivity index (χ2v) is 5.39. The molecule has 23 heavy (non-hydrogen) atoms. The molecule has 0 aliphatic carbocycles. The van der Waals surface area contributed by atoms with Gasteiger partial charge in [0.05, 0.1) is 5.56 Å².